The number of halogens is 3. The zero-order valence-corrected chi connectivity index (χ0v) is 10.3. The third kappa shape index (κ3) is 3.70. The lowest BCUT2D eigenvalue weighted by molar-refractivity contribution is -0.137. The summed E-state index contributed by atoms with van der Waals surface area (Å²) < 4.78 is 37.1. The number of anilines is 1. The SMILES string of the molecule is O=C(Nc1ccc(C(F)(F)F)cc1)[C@H]1CCCCN1. The number of rotatable bonds is 2. The molecule has 0 bridgehead atoms. The molecule has 2 rings (SSSR count). The Morgan fingerprint density at radius 2 is 1.89 bits per heavy atom. The van der Waals surface area contributed by atoms with E-state index >= 15 is 0 Å². The van der Waals surface area contributed by atoms with Crippen LogP contribution in [0.15, 0.2) is 24.3 Å². The van der Waals surface area contributed by atoms with Gasteiger partial charge in [-0.05, 0) is 43.7 Å². The van der Waals surface area contributed by atoms with Crippen molar-refractivity contribution in [1.82, 2.24) is 5.32 Å². The number of carbonyl (C=O) groups excluding carboxylic acids is 1. The van der Waals surface area contributed by atoms with Gasteiger partial charge in [-0.25, -0.2) is 0 Å². The Morgan fingerprint density at radius 1 is 1.21 bits per heavy atom. The van der Waals surface area contributed by atoms with Gasteiger partial charge in [0.1, 0.15) is 0 Å². The fourth-order valence-electron chi connectivity index (χ4n) is 2.05. The van der Waals surface area contributed by atoms with Gasteiger partial charge in [0.2, 0.25) is 5.91 Å². The number of hydrogen-bond acceptors (Lipinski definition) is 2. The van der Waals surface area contributed by atoms with Crippen molar-refractivity contribution in [2.45, 2.75) is 31.5 Å². The van der Waals surface area contributed by atoms with Crippen LogP contribution in [0.4, 0.5) is 18.9 Å². The summed E-state index contributed by atoms with van der Waals surface area (Å²) >= 11 is 0. The first-order valence-corrected chi connectivity index (χ1v) is 6.18. The molecule has 1 amide bonds. The minimum atomic E-state index is -4.35. The molecule has 2 N–H and O–H groups in total. The lowest BCUT2D eigenvalue weighted by Crippen LogP contribution is -2.43. The van der Waals surface area contributed by atoms with Crippen molar-refractivity contribution in [2.24, 2.45) is 0 Å². The fraction of sp³-hybridized carbons (Fsp3) is 0.462. The summed E-state index contributed by atoms with van der Waals surface area (Å²) in [7, 11) is 0. The number of hydrogen-bond donors (Lipinski definition) is 2. The van der Waals surface area contributed by atoms with Crippen molar-refractivity contribution >= 4 is 11.6 Å². The van der Waals surface area contributed by atoms with Crippen LogP contribution >= 0.6 is 0 Å². The van der Waals surface area contributed by atoms with E-state index in [2.05, 4.69) is 10.6 Å². The molecule has 1 saturated heterocycles. The van der Waals surface area contributed by atoms with E-state index in [0.29, 0.717) is 5.69 Å². The lowest BCUT2D eigenvalue weighted by atomic mass is 10.0. The molecule has 1 aliphatic heterocycles. The predicted octanol–water partition coefficient (Wildman–Crippen LogP) is 2.79. The van der Waals surface area contributed by atoms with Gasteiger partial charge >= 0.3 is 6.18 Å². The number of nitrogens with one attached hydrogen (secondary N) is 2. The van der Waals surface area contributed by atoms with Crippen LogP contribution in [-0.4, -0.2) is 18.5 Å². The maximum atomic E-state index is 12.4. The maximum absolute atomic E-state index is 12.4. The molecule has 6 heteroatoms. The summed E-state index contributed by atoms with van der Waals surface area (Å²) in [6, 6.07) is 4.21. The van der Waals surface area contributed by atoms with Gasteiger partial charge in [0.05, 0.1) is 11.6 Å². The largest absolute Gasteiger partial charge is 0.416 e. The van der Waals surface area contributed by atoms with Gasteiger partial charge in [0.25, 0.3) is 0 Å². The molecule has 0 aliphatic carbocycles. The third-order valence-corrected chi connectivity index (χ3v) is 3.11. The number of piperidine rings is 1. The molecule has 104 valence electrons. The number of amides is 1. The minimum absolute atomic E-state index is 0.195. The second kappa shape index (κ2) is 5.61. The molecule has 0 aromatic heterocycles. The Labute approximate surface area is 109 Å². The monoisotopic (exact) mass is 272 g/mol. The van der Waals surface area contributed by atoms with Crippen molar-refractivity contribution in [3.05, 3.63) is 29.8 Å². The Bertz CT molecular complexity index is 436. The van der Waals surface area contributed by atoms with Gasteiger partial charge in [-0.1, -0.05) is 6.42 Å². The number of benzene rings is 1. The summed E-state index contributed by atoms with van der Waals surface area (Å²) in [5, 5.41) is 5.70. The third-order valence-electron chi connectivity index (χ3n) is 3.11. The number of carbonyl (C=O) groups is 1. The van der Waals surface area contributed by atoms with Crippen LogP contribution in [0.25, 0.3) is 0 Å². The summed E-state index contributed by atoms with van der Waals surface area (Å²) in [5.41, 5.74) is -0.341. The molecule has 1 atom stereocenters. The highest BCUT2D eigenvalue weighted by Gasteiger charge is 2.30. The second-order valence-corrected chi connectivity index (χ2v) is 4.57. The summed E-state index contributed by atoms with van der Waals surface area (Å²) in [5.74, 6) is -0.195. The van der Waals surface area contributed by atoms with Crippen molar-refractivity contribution in [1.29, 1.82) is 0 Å². The average molecular weight is 272 g/mol. The average Bonchev–Trinajstić information content (AvgIpc) is 2.39. The van der Waals surface area contributed by atoms with E-state index in [-0.39, 0.29) is 11.9 Å². The zero-order chi connectivity index (χ0) is 13.9. The minimum Gasteiger partial charge on any atom is -0.325 e. The van der Waals surface area contributed by atoms with E-state index < -0.39 is 11.7 Å². The number of alkyl halides is 3. The first-order chi connectivity index (χ1) is 8.97. The van der Waals surface area contributed by atoms with Crippen LogP contribution in [0.5, 0.6) is 0 Å². The van der Waals surface area contributed by atoms with Crippen molar-refractivity contribution in [3.63, 3.8) is 0 Å². The molecular weight excluding hydrogens is 257 g/mol. The van der Waals surface area contributed by atoms with Crippen molar-refractivity contribution in [2.75, 3.05) is 11.9 Å². The van der Waals surface area contributed by atoms with Crippen LogP contribution in [-0.2, 0) is 11.0 Å². The normalized spacial score (nSPS) is 20.1. The first kappa shape index (κ1) is 13.9. The van der Waals surface area contributed by atoms with Crippen LogP contribution in [0.2, 0.25) is 0 Å². The lowest BCUT2D eigenvalue weighted by Gasteiger charge is -2.22. The summed E-state index contributed by atoms with van der Waals surface area (Å²) in [4.78, 5) is 11.9. The molecular formula is C13H15F3N2O. The topological polar surface area (TPSA) is 41.1 Å². The highest BCUT2D eigenvalue weighted by Crippen LogP contribution is 2.29. The summed E-state index contributed by atoms with van der Waals surface area (Å²) in [6.07, 6.45) is -1.57. The summed E-state index contributed by atoms with van der Waals surface area (Å²) in [6.45, 7) is 0.797. The highest BCUT2D eigenvalue weighted by atomic mass is 19.4. The fourth-order valence-corrected chi connectivity index (χ4v) is 2.05. The molecule has 1 aromatic rings. The molecule has 1 aromatic carbocycles. The standard InChI is InChI=1S/C13H15F3N2O/c14-13(15,16)9-4-6-10(7-5-9)18-12(19)11-3-1-2-8-17-11/h4-7,11,17H,1-3,8H2,(H,18,19)/t11-/m1/s1. The van der Waals surface area contributed by atoms with Gasteiger partial charge in [0.15, 0.2) is 0 Å². The highest BCUT2D eigenvalue weighted by molar-refractivity contribution is 5.94. The molecule has 19 heavy (non-hydrogen) atoms. The molecule has 1 fully saturated rings. The van der Waals surface area contributed by atoms with E-state index in [0.717, 1.165) is 37.9 Å². The molecule has 0 saturated carbocycles. The molecule has 1 heterocycles. The zero-order valence-electron chi connectivity index (χ0n) is 10.3. The maximum Gasteiger partial charge on any atom is 0.416 e. The molecule has 0 unspecified atom stereocenters. The van der Waals surface area contributed by atoms with Gasteiger partial charge < -0.3 is 10.6 Å². The first-order valence-electron chi connectivity index (χ1n) is 6.18. The smallest absolute Gasteiger partial charge is 0.325 e. The van der Waals surface area contributed by atoms with Crippen LogP contribution in [0, 0.1) is 0 Å². The predicted molar refractivity (Wildman–Crippen MR) is 65.7 cm³/mol. The van der Waals surface area contributed by atoms with Gasteiger partial charge in [-0.3, -0.25) is 4.79 Å². The van der Waals surface area contributed by atoms with E-state index in [9.17, 15) is 18.0 Å². The van der Waals surface area contributed by atoms with Gasteiger partial charge in [-0.15, -0.1) is 0 Å². The van der Waals surface area contributed by atoms with E-state index in [1.54, 1.807) is 0 Å². The van der Waals surface area contributed by atoms with E-state index in [1.165, 1.54) is 12.1 Å². The van der Waals surface area contributed by atoms with Crippen LogP contribution < -0.4 is 10.6 Å². The second-order valence-electron chi connectivity index (χ2n) is 4.57. The Morgan fingerprint density at radius 3 is 2.42 bits per heavy atom. The van der Waals surface area contributed by atoms with Gasteiger partial charge in [-0.2, -0.15) is 13.2 Å². The van der Waals surface area contributed by atoms with Crippen molar-refractivity contribution in [3.8, 4) is 0 Å². The quantitative estimate of drug-likeness (QED) is 0.869. The Kier molecular flexibility index (Phi) is 4.09. The van der Waals surface area contributed by atoms with Crippen LogP contribution in [0.3, 0.4) is 0 Å². The van der Waals surface area contributed by atoms with E-state index in [1.807, 2.05) is 0 Å². The Balaban J connectivity index is 1.97. The van der Waals surface area contributed by atoms with Crippen molar-refractivity contribution < 1.29 is 18.0 Å². The Hall–Kier alpha value is -1.56. The molecule has 1 aliphatic rings. The molecule has 0 spiro atoms. The van der Waals surface area contributed by atoms with Gasteiger partial charge in [0, 0.05) is 5.69 Å². The molecule has 3 nitrogen and oxygen atoms in total. The van der Waals surface area contributed by atoms with E-state index in [4.69, 9.17) is 0 Å². The van der Waals surface area contributed by atoms with Crippen LogP contribution in [0.1, 0.15) is 24.8 Å². The molecule has 0 radical (unpaired) electrons.